The molecule has 0 N–H and O–H groups in total. The Morgan fingerprint density at radius 3 is 2.10 bits per heavy atom. The highest BCUT2D eigenvalue weighted by molar-refractivity contribution is 5.01. The van der Waals surface area contributed by atoms with Crippen LogP contribution in [0.3, 0.4) is 0 Å². The van der Waals surface area contributed by atoms with Gasteiger partial charge in [0.05, 0.1) is 0 Å². The molecule has 0 saturated heterocycles. The molecular formula is C10H18. The summed E-state index contributed by atoms with van der Waals surface area (Å²) < 4.78 is 0. The van der Waals surface area contributed by atoms with E-state index in [9.17, 15) is 0 Å². The second-order valence-electron chi connectivity index (χ2n) is 3.72. The van der Waals surface area contributed by atoms with Crippen molar-refractivity contribution >= 4 is 0 Å². The Kier molecular flexibility index (Phi) is 4.10. The van der Waals surface area contributed by atoms with Crippen LogP contribution in [0.15, 0.2) is 24.3 Å². The molecule has 0 rings (SSSR count). The molecule has 10 heavy (non-hydrogen) atoms. The van der Waals surface area contributed by atoms with Crippen LogP contribution < -0.4 is 0 Å². The van der Waals surface area contributed by atoms with Gasteiger partial charge in [-0.25, -0.2) is 0 Å². The summed E-state index contributed by atoms with van der Waals surface area (Å²) in [5.74, 6) is 0. The summed E-state index contributed by atoms with van der Waals surface area (Å²) in [6.07, 6.45) is 9.56. The Labute approximate surface area is 64.6 Å². The zero-order chi connectivity index (χ0) is 8.04. The topological polar surface area (TPSA) is 0 Å². The van der Waals surface area contributed by atoms with Gasteiger partial charge in [-0.3, -0.25) is 0 Å². The molecule has 0 spiro atoms. The van der Waals surface area contributed by atoms with E-state index in [0.29, 0.717) is 5.41 Å². The van der Waals surface area contributed by atoms with Crippen molar-refractivity contribution in [3.8, 4) is 0 Å². The molecular weight excluding hydrogens is 120 g/mol. The van der Waals surface area contributed by atoms with Gasteiger partial charge in [0.25, 0.3) is 0 Å². The molecule has 0 aliphatic rings. The van der Waals surface area contributed by atoms with Crippen molar-refractivity contribution in [3.63, 3.8) is 0 Å². The predicted octanol–water partition coefficient (Wildman–Crippen LogP) is 3.55. The SMILES string of the molecule is CC=CC=CCC(C)(C)C. The smallest absolute Gasteiger partial charge is 0.0299 e. The summed E-state index contributed by atoms with van der Waals surface area (Å²) in [4.78, 5) is 0. The molecule has 0 aromatic rings. The van der Waals surface area contributed by atoms with Crippen LogP contribution in [0.1, 0.15) is 34.1 Å². The van der Waals surface area contributed by atoms with Gasteiger partial charge in [-0.2, -0.15) is 0 Å². The van der Waals surface area contributed by atoms with Gasteiger partial charge in [-0.15, -0.1) is 0 Å². The molecule has 0 aliphatic carbocycles. The first-order valence-electron chi connectivity index (χ1n) is 3.84. The number of hydrogen-bond donors (Lipinski definition) is 0. The minimum atomic E-state index is 0.429. The van der Waals surface area contributed by atoms with E-state index >= 15 is 0 Å². The molecule has 0 heterocycles. The minimum absolute atomic E-state index is 0.429. The molecule has 0 amide bonds. The molecule has 0 bridgehead atoms. The number of rotatable bonds is 2. The van der Waals surface area contributed by atoms with E-state index in [1.54, 1.807) is 0 Å². The third kappa shape index (κ3) is 7.48. The molecule has 0 heteroatoms. The van der Waals surface area contributed by atoms with E-state index in [1.165, 1.54) is 0 Å². The monoisotopic (exact) mass is 138 g/mol. The predicted molar refractivity (Wildman–Crippen MR) is 48.0 cm³/mol. The fourth-order valence-corrected chi connectivity index (χ4v) is 0.611. The van der Waals surface area contributed by atoms with E-state index in [1.807, 2.05) is 13.0 Å². The fraction of sp³-hybridized carbons (Fsp3) is 0.600. The van der Waals surface area contributed by atoms with Gasteiger partial charge in [-0.05, 0) is 18.8 Å². The average Bonchev–Trinajstić information content (AvgIpc) is 1.78. The zero-order valence-corrected chi connectivity index (χ0v) is 7.52. The number of hydrogen-bond acceptors (Lipinski definition) is 0. The Balaban J connectivity index is 3.54. The first kappa shape index (κ1) is 9.48. The van der Waals surface area contributed by atoms with Gasteiger partial charge < -0.3 is 0 Å². The largest absolute Gasteiger partial charge is 0.0877 e. The van der Waals surface area contributed by atoms with E-state index < -0.39 is 0 Å². The Hall–Kier alpha value is -0.520. The highest BCUT2D eigenvalue weighted by Crippen LogP contribution is 2.18. The molecule has 0 fully saturated rings. The summed E-state index contributed by atoms with van der Waals surface area (Å²) >= 11 is 0. The van der Waals surface area contributed by atoms with Crippen LogP contribution in [0.2, 0.25) is 0 Å². The molecule has 0 aliphatic heterocycles. The summed E-state index contributed by atoms with van der Waals surface area (Å²) in [5.41, 5.74) is 0.429. The maximum absolute atomic E-state index is 2.24. The van der Waals surface area contributed by atoms with Crippen molar-refractivity contribution in [2.45, 2.75) is 34.1 Å². The van der Waals surface area contributed by atoms with E-state index in [2.05, 4.69) is 39.0 Å². The maximum atomic E-state index is 2.24. The first-order valence-corrected chi connectivity index (χ1v) is 3.84. The molecule has 0 saturated carbocycles. The van der Waals surface area contributed by atoms with Crippen molar-refractivity contribution in [3.05, 3.63) is 24.3 Å². The molecule has 0 aromatic heterocycles. The molecule has 0 atom stereocenters. The standard InChI is InChI=1S/C10H18/c1-5-6-7-8-9-10(2,3)4/h5-8H,9H2,1-4H3. The van der Waals surface area contributed by atoms with Gasteiger partial charge in [0.1, 0.15) is 0 Å². The van der Waals surface area contributed by atoms with Gasteiger partial charge in [-0.1, -0.05) is 45.1 Å². The molecule has 58 valence electrons. The first-order chi connectivity index (χ1) is 4.56. The average molecular weight is 138 g/mol. The lowest BCUT2D eigenvalue weighted by atomic mass is 9.92. The lowest BCUT2D eigenvalue weighted by Crippen LogP contribution is -2.01. The van der Waals surface area contributed by atoms with E-state index in [-0.39, 0.29) is 0 Å². The van der Waals surface area contributed by atoms with Crippen molar-refractivity contribution < 1.29 is 0 Å². The third-order valence-electron chi connectivity index (χ3n) is 1.17. The quantitative estimate of drug-likeness (QED) is 0.512. The van der Waals surface area contributed by atoms with Crippen molar-refractivity contribution in [2.24, 2.45) is 5.41 Å². The fourth-order valence-electron chi connectivity index (χ4n) is 0.611. The molecule has 0 radical (unpaired) electrons. The van der Waals surface area contributed by atoms with E-state index in [0.717, 1.165) is 6.42 Å². The highest BCUT2D eigenvalue weighted by atomic mass is 14.1. The van der Waals surface area contributed by atoms with Crippen LogP contribution in [-0.2, 0) is 0 Å². The highest BCUT2D eigenvalue weighted by Gasteiger charge is 2.05. The van der Waals surface area contributed by atoms with Crippen molar-refractivity contribution in [1.82, 2.24) is 0 Å². The van der Waals surface area contributed by atoms with Crippen molar-refractivity contribution in [2.75, 3.05) is 0 Å². The Morgan fingerprint density at radius 1 is 1.10 bits per heavy atom. The summed E-state index contributed by atoms with van der Waals surface area (Å²) in [6, 6.07) is 0. The van der Waals surface area contributed by atoms with Crippen LogP contribution in [0.5, 0.6) is 0 Å². The normalized spacial score (nSPS) is 13.6. The van der Waals surface area contributed by atoms with Crippen LogP contribution >= 0.6 is 0 Å². The van der Waals surface area contributed by atoms with Crippen LogP contribution in [0.25, 0.3) is 0 Å². The van der Waals surface area contributed by atoms with Gasteiger partial charge in [0.15, 0.2) is 0 Å². The lowest BCUT2D eigenvalue weighted by molar-refractivity contribution is 0.420. The van der Waals surface area contributed by atoms with E-state index in [4.69, 9.17) is 0 Å². The summed E-state index contributed by atoms with van der Waals surface area (Å²) in [5, 5.41) is 0. The Morgan fingerprint density at radius 2 is 1.70 bits per heavy atom. The minimum Gasteiger partial charge on any atom is -0.0877 e. The van der Waals surface area contributed by atoms with Gasteiger partial charge in [0, 0.05) is 0 Å². The Bertz CT molecular complexity index is 121. The second-order valence-corrected chi connectivity index (χ2v) is 3.72. The van der Waals surface area contributed by atoms with Crippen LogP contribution in [0.4, 0.5) is 0 Å². The van der Waals surface area contributed by atoms with Crippen molar-refractivity contribution in [1.29, 1.82) is 0 Å². The molecule has 0 unspecified atom stereocenters. The third-order valence-corrected chi connectivity index (χ3v) is 1.17. The molecule has 0 aromatic carbocycles. The van der Waals surface area contributed by atoms with Gasteiger partial charge >= 0.3 is 0 Å². The lowest BCUT2D eigenvalue weighted by Gasteiger charge is -2.13. The van der Waals surface area contributed by atoms with Crippen LogP contribution in [-0.4, -0.2) is 0 Å². The number of allylic oxidation sites excluding steroid dienone is 4. The maximum Gasteiger partial charge on any atom is -0.0299 e. The zero-order valence-electron chi connectivity index (χ0n) is 7.52. The van der Waals surface area contributed by atoms with Gasteiger partial charge in [0.2, 0.25) is 0 Å². The summed E-state index contributed by atoms with van der Waals surface area (Å²) in [6.45, 7) is 8.76. The van der Waals surface area contributed by atoms with Crippen LogP contribution in [0, 0.1) is 5.41 Å². The second kappa shape index (κ2) is 4.32. The molecule has 0 nitrogen and oxygen atoms in total. The summed E-state index contributed by atoms with van der Waals surface area (Å²) in [7, 11) is 0.